The highest BCUT2D eigenvalue weighted by Gasteiger charge is 2.02. The summed E-state index contributed by atoms with van der Waals surface area (Å²) in [5.41, 5.74) is 0. The first-order chi connectivity index (χ1) is 7.22. The molecule has 0 amide bonds. The minimum atomic E-state index is 0.544. The summed E-state index contributed by atoms with van der Waals surface area (Å²) >= 11 is 2.29. The molecule has 1 unspecified atom stereocenters. The monoisotopic (exact) mass is 319 g/mol. The van der Waals surface area contributed by atoms with Gasteiger partial charge in [-0.2, -0.15) is 0 Å². The molecule has 1 N–H and O–H groups in total. The molecule has 0 aliphatic heterocycles. The Kier molecular flexibility index (Phi) is 6.02. The average molecular weight is 319 g/mol. The van der Waals surface area contributed by atoms with Gasteiger partial charge in [-0.05, 0) is 47.3 Å². The molecule has 0 aromatic heterocycles. The van der Waals surface area contributed by atoms with Crippen LogP contribution in [0.5, 0.6) is 5.75 Å². The van der Waals surface area contributed by atoms with Gasteiger partial charge in [0.1, 0.15) is 5.75 Å². The fourth-order valence-electron chi connectivity index (χ4n) is 1.24. The zero-order valence-corrected chi connectivity index (χ0v) is 11.5. The molecule has 0 bridgehead atoms. The van der Waals surface area contributed by atoms with E-state index in [1.807, 2.05) is 12.1 Å². The predicted molar refractivity (Wildman–Crippen MR) is 72.4 cm³/mol. The lowest BCUT2D eigenvalue weighted by atomic mass is 10.2. The van der Waals surface area contributed by atoms with Crippen molar-refractivity contribution in [3.05, 3.63) is 27.8 Å². The summed E-state index contributed by atoms with van der Waals surface area (Å²) in [6.07, 6.45) is 0. The van der Waals surface area contributed by atoms with Crippen molar-refractivity contribution in [2.45, 2.75) is 13.8 Å². The van der Waals surface area contributed by atoms with Crippen molar-refractivity contribution in [3.63, 3.8) is 0 Å². The van der Waals surface area contributed by atoms with E-state index >= 15 is 0 Å². The summed E-state index contributed by atoms with van der Waals surface area (Å²) in [5.74, 6) is 1.51. The lowest BCUT2D eigenvalue weighted by Crippen LogP contribution is -2.24. The lowest BCUT2D eigenvalue weighted by Gasteiger charge is -2.13. The van der Waals surface area contributed by atoms with Crippen LogP contribution in [0.2, 0.25) is 0 Å². The molecule has 0 aliphatic carbocycles. The molecule has 0 heterocycles. The lowest BCUT2D eigenvalue weighted by molar-refractivity contribution is 0.256. The van der Waals surface area contributed by atoms with Crippen LogP contribution in [-0.2, 0) is 0 Å². The summed E-state index contributed by atoms with van der Waals surface area (Å²) in [6.45, 7) is 7.12. The fraction of sp³-hybridized carbons (Fsp3) is 0.500. The van der Waals surface area contributed by atoms with Gasteiger partial charge in [0, 0.05) is 16.0 Å². The predicted octanol–water partition coefficient (Wildman–Crippen LogP) is 2.92. The molecule has 84 valence electrons. The molecule has 2 nitrogen and oxygen atoms in total. The van der Waals surface area contributed by atoms with E-state index in [1.54, 1.807) is 0 Å². The molecule has 3 heteroatoms. The maximum Gasteiger partial charge on any atom is 0.120 e. The van der Waals surface area contributed by atoms with Gasteiger partial charge >= 0.3 is 0 Å². The maximum atomic E-state index is 5.70. The maximum absolute atomic E-state index is 5.70. The molecule has 0 spiro atoms. The van der Waals surface area contributed by atoms with Crippen LogP contribution in [0.3, 0.4) is 0 Å². The largest absolute Gasteiger partial charge is 0.493 e. The van der Waals surface area contributed by atoms with Crippen LogP contribution in [0.15, 0.2) is 24.3 Å². The summed E-state index contributed by atoms with van der Waals surface area (Å²) < 4.78 is 6.91. The molecule has 0 radical (unpaired) electrons. The van der Waals surface area contributed by atoms with Crippen molar-refractivity contribution in [2.24, 2.45) is 5.92 Å². The first-order valence-electron chi connectivity index (χ1n) is 5.31. The second-order valence-corrected chi connectivity index (χ2v) is 4.93. The fourth-order valence-corrected chi connectivity index (χ4v) is 1.76. The topological polar surface area (TPSA) is 21.3 Å². The summed E-state index contributed by atoms with van der Waals surface area (Å²) in [4.78, 5) is 0. The molecular formula is C12H18INO. The Bertz CT molecular complexity index is 291. The third-order valence-electron chi connectivity index (χ3n) is 2.07. The van der Waals surface area contributed by atoms with E-state index in [4.69, 9.17) is 4.74 Å². The van der Waals surface area contributed by atoms with E-state index in [9.17, 15) is 0 Å². The molecule has 0 fully saturated rings. The first-order valence-corrected chi connectivity index (χ1v) is 6.39. The number of hydrogen-bond acceptors (Lipinski definition) is 2. The van der Waals surface area contributed by atoms with E-state index in [2.05, 4.69) is 53.9 Å². The third-order valence-corrected chi connectivity index (χ3v) is 2.74. The average Bonchev–Trinajstić information content (AvgIpc) is 2.23. The van der Waals surface area contributed by atoms with Crippen LogP contribution in [0.1, 0.15) is 13.8 Å². The third kappa shape index (κ3) is 5.37. The standard InChI is InChI=1S/C12H18INO/c1-3-14-8-10(2)9-15-12-6-4-5-11(13)7-12/h4-7,10,14H,3,8-9H2,1-2H3. The first kappa shape index (κ1) is 12.8. The molecule has 1 aromatic rings. The molecule has 1 aromatic carbocycles. The van der Waals surface area contributed by atoms with Gasteiger partial charge in [0.05, 0.1) is 6.61 Å². The van der Waals surface area contributed by atoms with Crippen molar-refractivity contribution in [2.75, 3.05) is 19.7 Å². The quantitative estimate of drug-likeness (QED) is 0.814. The molecule has 15 heavy (non-hydrogen) atoms. The Hall–Kier alpha value is -0.290. The summed E-state index contributed by atoms with van der Waals surface area (Å²) in [6, 6.07) is 8.14. The second kappa shape index (κ2) is 7.06. The highest BCUT2D eigenvalue weighted by atomic mass is 127. The van der Waals surface area contributed by atoms with E-state index in [0.717, 1.165) is 25.4 Å². The van der Waals surface area contributed by atoms with Crippen LogP contribution in [0.4, 0.5) is 0 Å². The van der Waals surface area contributed by atoms with Gasteiger partial charge in [-0.15, -0.1) is 0 Å². The van der Waals surface area contributed by atoms with Crippen molar-refractivity contribution in [1.82, 2.24) is 5.32 Å². The summed E-state index contributed by atoms with van der Waals surface area (Å²) in [5, 5.41) is 3.31. The Morgan fingerprint density at radius 3 is 2.93 bits per heavy atom. The second-order valence-electron chi connectivity index (χ2n) is 3.68. The number of benzene rings is 1. The van der Waals surface area contributed by atoms with Gasteiger partial charge in [0.15, 0.2) is 0 Å². The van der Waals surface area contributed by atoms with E-state index < -0.39 is 0 Å². The summed E-state index contributed by atoms with van der Waals surface area (Å²) in [7, 11) is 0. The molecule has 0 aliphatic rings. The Morgan fingerprint density at radius 1 is 1.47 bits per heavy atom. The van der Waals surface area contributed by atoms with Gasteiger partial charge in [0.2, 0.25) is 0 Å². The number of rotatable bonds is 6. The van der Waals surface area contributed by atoms with Gasteiger partial charge < -0.3 is 10.1 Å². The van der Waals surface area contributed by atoms with E-state index in [-0.39, 0.29) is 0 Å². The van der Waals surface area contributed by atoms with Gasteiger partial charge in [-0.25, -0.2) is 0 Å². The van der Waals surface area contributed by atoms with E-state index in [0.29, 0.717) is 5.92 Å². The molecular weight excluding hydrogens is 301 g/mol. The SMILES string of the molecule is CCNCC(C)COc1cccc(I)c1. The van der Waals surface area contributed by atoms with Gasteiger partial charge in [0.25, 0.3) is 0 Å². The number of ether oxygens (including phenoxy) is 1. The Balaban J connectivity index is 2.30. The zero-order chi connectivity index (χ0) is 11.1. The van der Waals surface area contributed by atoms with Crippen molar-refractivity contribution < 1.29 is 4.74 Å². The van der Waals surface area contributed by atoms with E-state index in [1.165, 1.54) is 3.57 Å². The molecule has 1 rings (SSSR count). The Labute approximate surface area is 106 Å². The van der Waals surface area contributed by atoms with Crippen molar-refractivity contribution >= 4 is 22.6 Å². The van der Waals surface area contributed by atoms with Crippen molar-refractivity contribution in [1.29, 1.82) is 0 Å². The molecule has 1 atom stereocenters. The highest BCUT2D eigenvalue weighted by molar-refractivity contribution is 14.1. The van der Waals surface area contributed by atoms with Crippen LogP contribution >= 0.6 is 22.6 Å². The minimum Gasteiger partial charge on any atom is -0.493 e. The normalized spacial score (nSPS) is 12.5. The van der Waals surface area contributed by atoms with Crippen LogP contribution in [0, 0.1) is 9.49 Å². The molecule has 0 saturated heterocycles. The Morgan fingerprint density at radius 2 is 2.27 bits per heavy atom. The number of nitrogens with one attached hydrogen (secondary N) is 1. The van der Waals surface area contributed by atoms with Gasteiger partial charge in [-0.1, -0.05) is 19.9 Å². The highest BCUT2D eigenvalue weighted by Crippen LogP contribution is 2.15. The minimum absolute atomic E-state index is 0.544. The smallest absolute Gasteiger partial charge is 0.120 e. The number of halogens is 1. The van der Waals surface area contributed by atoms with Crippen LogP contribution < -0.4 is 10.1 Å². The zero-order valence-electron chi connectivity index (χ0n) is 9.29. The van der Waals surface area contributed by atoms with Crippen LogP contribution in [-0.4, -0.2) is 19.7 Å². The van der Waals surface area contributed by atoms with Crippen molar-refractivity contribution in [3.8, 4) is 5.75 Å². The van der Waals surface area contributed by atoms with Gasteiger partial charge in [-0.3, -0.25) is 0 Å². The number of hydrogen-bond donors (Lipinski definition) is 1. The molecule has 0 saturated carbocycles. The van der Waals surface area contributed by atoms with Crippen LogP contribution in [0.25, 0.3) is 0 Å².